The van der Waals surface area contributed by atoms with Gasteiger partial charge in [0.25, 0.3) is 0 Å². The second-order valence-electron chi connectivity index (χ2n) is 4.19. The summed E-state index contributed by atoms with van der Waals surface area (Å²) >= 11 is 0. The van der Waals surface area contributed by atoms with E-state index in [1.54, 1.807) is 0 Å². The van der Waals surface area contributed by atoms with Crippen LogP contribution in [0.25, 0.3) is 0 Å². The van der Waals surface area contributed by atoms with Crippen molar-refractivity contribution < 1.29 is 23.1 Å². The Morgan fingerprint density at radius 2 is 2.00 bits per heavy atom. The number of nitrogens with zero attached hydrogens (tertiary/aromatic N) is 1. The van der Waals surface area contributed by atoms with E-state index in [4.69, 9.17) is 0 Å². The van der Waals surface area contributed by atoms with E-state index in [0.29, 0.717) is 11.1 Å². The maximum absolute atomic E-state index is 12.2. The van der Waals surface area contributed by atoms with Gasteiger partial charge in [-0.1, -0.05) is 0 Å². The first-order chi connectivity index (χ1) is 8.19. The molecule has 3 nitrogen and oxygen atoms in total. The van der Waals surface area contributed by atoms with Crippen LogP contribution in [0.1, 0.15) is 22.8 Å². The molecule has 0 unspecified atom stereocenters. The van der Waals surface area contributed by atoms with Crippen LogP contribution in [0.2, 0.25) is 0 Å². The number of carbonyl (C=O) groups excluding carboxylic acids is 1. The number of carbonyl (C=O) groups is 1. The molecule has 0 bridgehead atoms. The van der Waals surface area contributed by atoms with Gasteiger partial charge in [-0.3, -0.25) is 9.69 Å². The van der Waals surface area contributed by atoms with Gasteiger partial charge >= 0.3 is 6.18 Å². The lowest BCUT2D eigenvalue weighted by atomic mass is 10.1. The van der Waals surface area contributed by atoms with Gasteiger partial charge in [-0.25, -0.2) is 0 Å². The minimum atomic E-state index is -4.29. The highest BCUT2D eigenvalue weighted by Gasteiger charge is 2.29. The average Bonchev–Trinajstić information content (AvgIpc) is 2.18. The zero-order chi connectivity index (χ0) is 13.9. The third-order valence-corrected chi connectivity index (χ3v) is 2.38. The smallest absolute Gasteiger partial charge is 0.401 e. The number of phenolic OH excluding ortho intramolecular Hbond substituents is 1. The van der Waals surface area contributed by atoms with Crippen molar-refractivity contribution in [1.82, 2.24) is 4.90 Å². The van der Waals surface area contributed by atoms with E-state index in [2.05, 4.69) is 0 Å². The van der Waals surface area contributed by atoms with Gasteiger partial charge in [0.05, 0.1) is 6.54 Å². The van der Waals surface area contributed by atoms with E-state index in [0.717, 1.165) is 4.90 Å². The Hall–Kier alpha value is -1.56. The maximum atomic E-state index is 12.2. The fraction of sp³-hybridized carbons (Fsp3) is 0.417. The topological polar surface area (TPSA) is 40.5 Å². The number of hydrogen-bond acceptors (Lipinski definition) is 3. The van der Waals surface area contributed by atoms with Gasteiger partial charge in [0.15, 0.2) is 5.78 Å². The number of ketones is 1. The quantitative estimate of drug-likeness (QED) is 0.847. The molecule has 1 aromatic carbocycles. The Morgan fingerprint density at radius 1 is 1.39 bits per heavy atom. The minimum absolute atomic E-state index is 0.0769. The summed E-state index contributed by atoms with van der Waals surface area (Å²) in [5.74, 6) is -0.316. The number of Topliss-reactive ketones (excluding diaryl/α,β-unsaturated/α-hetero) is 1. The standard InChI is InChI=1S/C12H14F3NO2/c1-8(17)9-3-4-11(18)10(5-9)6-16(2)7-12(13,14)15/h3-5,18H,6-7H2,1-2H3. The summed E-state index contributed by atoms with van der Waals surface area (Å²) in [6.45, 7) is 0.207. The molecule has 0 fully saturated rings. The van der Waals surface area contributed by atoms with Gasteiger partial charge in [0.1, 0.15) is 5.75 Å². The molecule has 1 aromatic rings. The highest BCUT2D eigenvalue weighted by molar-refractivity contribution is 5.94. The van der Waals surface area contributed by atoms with Crippen molar-refractivity contribution >= 4 is 5.78 Å². The number of halogens is 3. The summed E-state index contributed by atoms with van der Waals surface area (Å²) in [7, 11) is 1.30. The zero-order valence-corrected chi connectivity index (χ0v) is 10.1. The molecule has 0 amide bonds. The van der Waals surface area contributed by atoms with E-state index in [9.17, 15) is 23.1 Å². The average molecular weight is 261 g/mol. The Balaban J connectivity index is 2.83. The first-order valence-corrected chi connectivity index (χ1v) is 5.27. The fourth-order valence-corrected chi connectivity index (χ4v) is 1.58. The predicted molar refractivity (Wildman–Crippen MR) is 60.5 cm³/mol. The van der Waals surface area contributed by atoms with Gasteiger partial charge in [-0.05, 0) is 32.2 Å². The highest BCUT2D eigenvalue weighted by Crippen LogP contribution is 2.22. The van der Waals surface area contributed by atoms with Gasteiger partial charge in [-0.2, -0.15) is 13.2 Å². The number of alkyl halides is 3. The summed E-state index contributed by atoms with van der Waals surface area (Å²) in [5, 5.41) is 9.54. The van der Waals surface area contributed by atoms with E-state index in [1.807, 2.05) is 0 Å². The van der Waals surface area contributed by atoms with Gasteiger partial charge in [0, 0.05) is 17.7 Å². The summed E-state index contributed by atoms with van der Waals surface area (Å²) in [4.78, 5) is 12.2. The minimum Gasteiger partial charge on any atom is -0.508 e. The molecule has 0 radical (unpaired) electrons. The second-order valence-corrected chi connectivity index (χ2v) is 4.19. The molecule has 0 aromatic heterocycles. The molecular formula is C12H14F3NO2. The SMILES string of the molecule is CC(=O)c1ccc(O)c(CN(C)CC(F)(F)F)c1. The lowest BCUT2D eigenvalue weighted by molar-refractivity contribution is -0.144. The molecule has 1 rings (SSSR count). The first-order valence-electron chi connectivity index (χ1n) is 5.27. The van der Waals surface area contributed by atoms with Gasteiger partial charge in [-0.15, -0.1) is 0 Å². The first kappa shape index (κ1) is 14.5. The van der Waals surface area contributed by atoms with Crippen molar-refractivity contribution in [2.24, 2.45) is 0 Å². The molecule has 0 saturated carbocycles. The van der Waals surface area contributed by atoms with Crippen LogP contribution in [-0.4, -0.2) is 35.6 Å². The van der Waals surface area contributed by atoms with Crippen LogP contribution in [0, 0.1) is 0 Å². The van der Waals surface area contributed by atoms with Crippen LogP contribution in [0.15, 0.2) is 18.2 Å². The van der Waals surface area contributed by atoms with Crippen molar-refractivity contribution in [2.75, 3.05) is 13.6 Å². The molecule has 0 heterocycles. The van der Waals surface area contributed by atoms with Crippen molar-refractivity contribution in [3.63, 3.8) is 0 Å². The highest BCUT2D eigenvalue weighted by atomic mass is 19.4. The largest absolute Gasteiger partial charge is 0.508 e. The zero-order valence-electron chi connectivity index (χ0n) is 10.1. The third kappa shape index (κ3) is 4.37. The molecule has 0 spiro atoms. The number of aromatic hydroxyl groups is 1. The Morgan fingerprint density at radius 3 is 2.50 bits per heavy atom. The summed E-state index contributed by atoms with van der Waals surface area (Å²) in [6, 6.07) is 4.16. The normalized spacial score (nSPS) is 11.9. The van der Waals surface area contributed by atoms with E-state index in [1.165, 1.54) is 32.2 Å². The van der Waals surface area contributed by atoms with Crippen LogP contribution in [0.4, 0.5) is 13.2 Å². The van der Waals surface area contributed by atoms with E-state index in [-0.39, 0.29) is 18.1 Å². The maximum Gasteiger partial charge on any atom is 0.401 e. The molecule has 0 saturated heterocycles. The fourth-order valence-electron chi connectivity index (χ4n) is 1.58. The van der Waals surface area contributed by atoms with Crippen LogP contribution in [-0.2, 0) is 6.54 Å². The summed E-state index contributed by atoms with van der Waals surface area (Å²) < 4.78 is 36.5. The molecule has 0 atom stereocenters. The monoisotopic (exact) mass is 261 g/mol. The Bertz CT molecular complexity index is 443. The molecule has 0 aliphatic carbocycles. The van der Waals surface area contributed by atoms with Crippen LogP contribution < -0.4 is 0 Å². The van der Waals surface area contributed by atoms with E-state index >= 15 is 0 Å². The van der Waals surface area contributed by atoms with Crippen molar-refractivity contribution in [3.8, 4) is 5.75 Å². The van der Waals surface area contributed by atoms with Gasteiger partial charge in [0.2, 0.25) is 0 Å². The number of benzene rings is 1. The molecule has 0 aliphatic rings. The molecule has 18 heavy (non-hydrogen) atoms. The molecular weight excluding hydrogens is 247 g/mol. The van der Waals surface area contributed by atoms with Crippen LogP contribution >= 0.6 is 0 Å². The predicted octanol–water partition coefficient (Wildman–Crippen LogP) is 2.59. The van der Waals surface area contributed by atoms with Crippen molar-refractivity contribution in [3.05, 3.63) is 29.3 Å². The second kappa shape index (κ2) is 5.39. The summed E-state index contributed by atoms with van der Waals surface area (Å²) in [5.41, 5.74) is 0.664. The lowest BCUT2D eigenvalue weighted by Gasteiger charge is -2.19. The van der Waals surface area contributed by atoms with E-state index < -0.39 is 12.7 Å². The Kier molecular flexibility index (Phi) is 4.34. The van der Waals surface area contributed by atoms with Crippen molar-refractivity contribution in [2.45, 2.75) is 19.6 Å². The number of phenols is 1. The van der Waals surface area contributed by atoms with Crippen LogP contribution in [0.3, 0.4) is 0 Å². The third-order valence-electron chi connectivity index (χ3n) is 2.38. The number of rotatable bonds is 4. The Labute approximate surface area is 103 Å². The molecule has 6 heteroatoms. The lowest BCUT2D eigenvalue weighted by Crippen LogP contribution is -2.30. The molecule has 100 valence electrons. The number of hydrogen-bond donors (Lipinski definition) is 1. The van der Waals surface area contributed by atoms with Crippen molar-refractivity contribution in [1.29, 1.82) is 0 Å². The van der Waals surface area contributed by atoms with Gasteiger partial charge < -0.3 is 5.11 Å². The van der Waals surface area contributed by atoms with Crippen LogP contribution in [0.5, 0.6) is 5.75 Å². The molecule has 0 aliphatic heterocycles. The summed E-state index contributed by atoms with van der Waals surface area (Å²) in [6.07, 6.45) is -4.29. The molecule has 1 N–H and O–H groups in total.